The highest BCUT2D eigenvalue weighted by molar-refractivity contribution is 6.02. The molecule has 1 amide bonds. The van der Waals surface area contributed by atoms with Crippen LogP contribution in [0.3, 0.4) is 0 Å². The van der Waals surface area contributed by atoms with Gasteiger partial charge in [0, 0.05) is 11.6 Å². The molecule has 0 bridgehead atoms. The Labute approximate surface area is 169 Å². The molecular formula is C20H17N5O5. The summed E-state index contributed by atoms with van der Waals surface area (Å²) < 4.78 is 11.9. The van der Waals surface area contributed by atoms with Gasteiger partial charge in [0.05, 0.1) is 19.9 Å². The topological polar surface area (TPSA) is 145 Å². The number of aromatic nitrogens is 4. The van der Waals surface area contributed by atoms with Gasteiger partial charge in [-0.15, -0.1) is 0 Å². The second-order valence-electron chi connectivity index (χ2n) is 6.31. The molecule has 4 N–H and O–H groups in total. The molecule has 0 spiro atoms. The molecule has 2 aromatic heterocycles. The SMILES string of the molecule is COc1ccc(-n2c(=O)[nH]c3c(C(N)=O)nc(-c4ccc(O)cc4)nc32)c(OC)c1. The summed E-state index contributed by atoms with van der Waals surface area (Å²) in [5.74, 6) is 0.314. The van der Waals surface area contributed by atoms with Crippen LogP contribution < -0.4 is 20.9 Å². The van der Waals surface area contributed by atoms with Crippen LogP contribution in [0.15, 0.2) is 47.3 Å². The smallest absolute Gasteiger partial charge is 0.332 e. The van der Waals surface area contributed by atoms with Crippen LogP contribution in [0, 0.1) is 0 Å². The van der Waals surface area contributed by atoms with E-state index in [-0.39, 0.29) is 28.4 Å². The number of hydrogen-bond donors (Lipinski definition) is 3. The maximum Gasteiger partial charge on any atom is 0.332 e. The number of rotatable bonds is 5. The number of nitrogens with one attached hydrogen (secondary N) is 1. The quantitative estimate of drug-likeness (QED) is 0.455. The number of carbonyl (C=O) groups excluding carboxylic acids is 1. The Hall–Kier alpha value is -4.34. The normalized spacial score (nSPS) is 10.9. The van der Waals surface area contributed by atoms with E-state index in [1.165, 1.54) is 30.9 Å². The number of fused-ring (bicyclic) bond motifs is 1. The predicted octanol–water partition coefficient (Wildman–Crippen LogP) is 1.60. The molecule has 30 heavy (non-hydrogen) atoms. The number of carbonyl (C=O) groups is 1. The van der Waals surface area contributed by atoms with Gasteiger partial charge in [-0.05, 0) is 36.4 Å². The molecule has 0 aliphatic rings. The van der Waals surface area contributed by atoms with Gasteiger partial charge in [-0.1, -0.05) is 0 Å². The van der Waals surface area contributed by atoms with Crippen LogP contribution in [0.5, 0.6) is 17.2 Å². The molecule has 0 saturated carbocycles. The fourth-order valence-electron chi connectivity index (χ4n) is 3.10. The highest BCUT2D eigenvalue weighted by Gasteiger charge is 2.22. The highest BCUT2D eigenvalue weighted by atomic mass is 16.5. The summed E-state index contributed by atoms with van der Waals surface area (Å²) in [7, 11) is 2.98. The molecule has 10 heteroatoms. The van der Waals surface area contributed by atoms with Crippen molar-refractivity contribution in [3.05, 3.63) is 58.6 Å². The number of nitrogens with zero attached hydrogens (tertiary/aromatic N) is 3. The minimum absolute atomic E-state index is 0.0662. The molecule has 0 aliphatic heterocycles. The molecule has 0 saturated heterocycles. The first-order valence-electron chi connectivity index (χ1n) is 8.77. The number of imidazole rings is 1. The molecule has 4 rings (SSSR count). The molecule has 0 aliphatic carbocycles. The first kappa shape index (κ1) is 19.0. The van der Waals surface area contributed by atoms with E-state index >= 15 is 0 Å². The van der Waals surface area contributed by atoms with Crippen LogP contribution in [0.1, 0.15) is 10.5 Å². The zero-order valence-electron chi connectivity index (χ0n) is 16.0. The Morgan fingerprint density at radius 2 is 1.83 bits per heavy atom. The molecule has 0 atom stereocenters. The number of phenolic OH excluding ortho intramolecular Hbond substituents is 1. The first-order chi connectivity index (χ1) is 14.4. The van der Waals surface area contributed by atoms with Gasteiger partial charge in [0.2, 0.25) is 0 Å². The van der Waals surface area contributed by atoms with E-state index in [2.05, 4.69) is 15.0 Å². The zero-order chi connectivity index (χ0) is 21.4. The van der Waals surface area contributed by atoms with Gasteiger partial charge in [-0.25, -0.2) is 19.3 Å². The number of nitrogens with two attached hydrogens (primary N) is 1. The van der Waals surface area contributed by atoms with Crippen molar-refractivity contribution in [3.63, 3.8) is 0 Å². The Bertz CT molecular complexity index is 1320. The van der Waals surface area contributed by atoms with E-state index in [0.717, 1.165) is 0 Å². The monoisotopic (exact) mass is 407 g/mol. The van der Waals surface area contributed by atoms with Crippen molar-refractivity contribution in [2.45, 2.75) is 0 Å². The standard InChI is InChI=1S/C20H17N5O5/c1-29-12-7-8-13(14(9-12)30-2)25-19-16(23-20(25)28)15(17(21)27)22-18(24-19)10-3-5-11(26)6-4-10/h3-9,26H,1-2H3,(H2,21,27)(H,23,28). The van der Waals surface area contributed by atoms with Gasteiger partial charge in [0.15, 0.2) is 17.2 Å². The molecule has 2 heterocycles. The number of amides is 1. The van der Waals surface area contributed by atoms with Gasteiger partial charge in [0.25, 0.3) is 5.91 Å². The summed E-state index contributed by atoms with van der Waals surface area (Å²) in [6.07, 6.45) is 0. The van der Waals surface area contributed by atoms with Crippen molar-refractivity contribution in [2.24, 2.45) is 5.73 Å². The number of aromatic hydroxyl groups is 1. The average molecular weight is 407 g/mol. The predicted molar refractivity (Wildman–Crippen MR) is 108 cm³/mol. The van der Waals surface area contributed by atoms with Crippen molar-refractivity contribution in [1.82, 2.24) is 19.5 Å². The molecule has 0 fully saturated rings. The number of ether oxygens (including phenoxy) is 2. The lowest BCUT2D eigenvalue weighted by molar-refractivity contribution is 0.0997. The number of aromatic amines is 1. The second-order valence-corrected chi connectivity index (χ2v) is 6.31. The lowest BCUT2D eigenvalue weighted by Gasteiger charge is -2.11. The van der Waals surface area contributed by atoms with E-state index in [1.807, 2.05) is 0 Å². The molecule has 4 aromatic rings. The number of benzene rings is 2. The summed E-state index contributed by atoms with van der Waals surface area (Å²) in [6, 6.07) is 11.0. The average Bonchev–Trinajstić information content (AvgIpc) is 3.08. The van der Waals surface area contributed by atoms with Crippen molar-refractivity contribution in [3.8, 4) is 34.3 Å². The van der Waals surface area contributed by atoms with Crippen LogP contribution in [0.2, 0.25) is 0 Å². The molecule has 10 nitrogen and oxygen atoms in total. The number of phenols is 1. The minimum Gasteiger partial charge on any atom is -0.508 e. The summed E-state index contributed by atoms with van der Waals surface area (Å²) in [5.41, 5.74) is 5.99. The van der Waals surface area contributed by atoms with Crippen molar-refractivity contribution in [1.29, 1.82) is 0 Å². The summed E-state index contributed by atoms with van der Waals surface area (Å²) in [4.78, 5) is 36.1. The van der Waals surface area contributed by atoms with Crippen molar-refractivity contribution < 1.29 is 19.4 Å². The molecule has 152 valence electrons. The molecule has 0 radical (unpaired) electrons. The Kier molecular flexibility index (Phi) is 4.59. The Balaban J connectivity index is 2.04. The Morgan fingerprint density at radius 3 is 2.47 bits per heavy atom. The van der Waals surface area contributed by atoms with Crippen LogP contribution in [0.25, 0.3) is 28.2 Å². The number of hydrogen-bond acceptors (Lipinski definition) is 7. The third kappa shape index (κ3) is 3.09. The fourth-order valence-corrected chi connectivity index (χ4v) is 3.10. The maximum atomic E-state index is 12.8. The molecule has 2 aromatic carbocycles. The van der Waals surface area contributed by atoms with E-state index < -0.39 is 11.6 Å². The molecular weight excluding hydrogens is 390 g/mol. The highest BCUT2D eigenvalue weighted by Crippen LogP contribution is 2.30. The number of methoxy groups -OCH3 is 2. The van der Waals surface area contributed by atoms with Gasteiger partial charge < -0.3 is 25.3 Å². The van der Waals surface area contributed by atoms with Crippen LogP contribution >= 0.6 is 0 Å². The van der Waals surface area contributed by atoms with Gasteiger partial charge in [-0.2, -0.15) is 0 Å². The lowest BCUT2D eigenvalue weighted by atomic mass is 10.2. The Morgan fingerprint density at radius 1 is 1.10 bits per heavy atom. The van der Waals surface area contributed by atoms with Crippen LogP contribution in [0.4, 0.5) is 0 Å². The number of primary amides is 1. The van der Waals surface area contributed by atoms with Crippen LogP contribution in [-0.4, -0.2) is 44.8 Å². The maximum absolute atomic E-state index is 12.8. The zero-order valence-corrected chi connectivity index (χ0v) is 16.0. The van der Waals surface area contributed by atoms with E-state index in [9.17, 15) is 14.7 Å². The van der Waals surface area contributed by atoms with E-state index in [0.29, 0.717) is 22.7 Å². The summed E-state index contributed by atoms with van der Waals surface area (Å²) in [5, 5.41) is 9.53. The minimum atomic E-state index is -0.822. The fraction of sp³-hybridized carbons (Fsp3) is 0.100. The van der Waals surface area contributed by atoms with Gasteiger partial charge in [-0.3, -0.25) is 4.79 Å². The largest absolute Gasteiger partial charge is 0.508 e. The summed E-state index contributed by atoms with van der Waals surface area (Å²) in [6.45, 7) is 0. The third-order valence-corrected chi connectivity index (χ3v) is 4.52. The second kappa shape index (κ2) is 7.24. The van der Waals surface area contributed by atoms with Crippen molar-refractivity contribution >= 4 is 17.1 Å². The lowest BCUT2D eigenvalue weighted by Crippen LogP contribution is -2.16. The third-order valence-electron chi connectivity index (χ3n) is 4.52. The van der Waals surface area contributed by atoms with E-state index in [1.54, 1.807) is 30.3 Å². The van der Waals surface area contributed by atoms with E-state index in [4.69, 9.17) is 15.2 Å². The first-order valence-corrected chi connectivity index (χ1v) is 8.77. The van der Waals surface area contributed by atoms with Crippen molar-refractivity contribution in [2.75, 3.05) is 14.2 Å². The van der Waals surface area contributed by atoms with Crippen LogP contribution in [-0.2, 0) is 0 Å². The summed E-state index contributed by atoms with van der Waals surface area (Å²) >= 11 is 0. The molecule has 0 unspecified atom stereocenters. The number of H-pyrrole nitrogens is 1. The van der Waals surface area contributed by atoms with Gasteiger partial charge >= 0.3 is 5.69 Å². The van der Waals surface area contributed by atoms with Gasteiger partial charge in [0.1, 0.15) is 22.8 Å².